The van der Waals surface area contributed by atoms with E-state index in [0.29, 0.717) is 17.9 Å². The molecule has 1 aliphatic rings. The molecule has 1 saturated heterocycles. The van der Waals surface area contributed by atoms with Crippen molar-refractivity contribution >= 4 is 12.1 Å². The lowest BCUT2D eigenvalue weighted by Crippen LogP contribution is -2.47. The van der Waals surface area contributed by atoms with E-state index in [1.807, 2.05) is 25.7 Å². The molecule has 0 aromatic heterocycles. The highest BCUT2D eigenvalue weighted by atomic mass is 16.6. The van der Waals surface area contributed by atoms with Crippen LogP contribution >= 0.6 is 0 Å². The van der Waals surface area contributed by atoms with Crippen LogP contribution in [0.4, 0.5) is 4.79 Å². The number of carbonyl (C=O) groups excluding carboxylic acids is 1. The molecular weight excluding hydrogens is 304 g/mol. The smallest absolute Gasteiger partial charge is 0.410 e. The topological polar surface area (TPSA) is 66.0 Å². The average Bonchev–Trinajstić information content (AvgIpc) is 2.49. The Morgan fingerprint density at radius 3 is 2.29 bits per heavy atom. The lowest BCUT2D eigenvalue weighted by molar-refractivity contribution is 0.0185. The maximum atomic E-state index is 12.1. The Hall–Kier alpha value is -1.46. The Bertz CT molecular complexity index is 421. The highest BCUT2D eigenvalue weighted by molar-refractivity contribution is 5.79. The molecule has 1 aliphatic heterocycles. The predicted octanol–water partition coefficient (Wildman–Crippen LogP) is 2.84. The number of nitrogens with one attached hydrogen (secondary N) is 2. The predicted molar refractivity (Wildman–Crippen MR) is 99.3 cm³/mol. The molecule has 1 heterocycles. The Morgan fingerprint density at radius 1 is 1.25 bits per heavy atom. The maximum absolute atomic E-state index is 12.1. The second kappa shape index (κ2) is 9.14. The van der Waals surface area contributed by atoms with Gasteiger partial charge in [-0.25, -0.2) is 4.79 Å². The first kappa shape index (κ1) is 20.6. The van der Waals surface area contributed by atoms with Crippen molar-refractivity contribution in [1.82, 2.24) is 15.5 Å². The van der Waals surface area contributed by atoms with Crippen LogP contribution in [0, 0.1) is 11.8 Å². The van der Waals surface area contributed by atoms with Crippen LogP contribution in [0.3, 0.4) is 0 Å². The molecule has 0 saturated carbocycles. The number of rotatable bonds is 4. The molecule has 0 aromatic rings. The monoisotopic (exact) mass is 340 g/mol. The molecule has 1 atom stereocenters. The Kier molecular flexibility index (Phi) is 7.84. The molecule has 0 aromatic carbocycles. The van der Waals surface area contributed by atoms with Crippen molar-refractivity contribution in [2.45, 2.75) is 66.0 Å². The van der Waals surface area contributed by atoms with Crippen molar-refractivity contribution in [2.24, 2.45) is 16.8 Å². The van der Waals surface area contributed by atoms with Crippen molar-refractivity contribution in [2.75, 3.05) is 26.7 Å². The number of nitrogens with zero attached hydrogens (tertiary/aromatic N) is 2. The van der Waals surface area contributed by atoms with Crippen LogP contribution in [0.2, 0.25) is 0 Å². The molecular formula is C18H36N4O2. The van der Waals surface area contributed by atoms with Gasteiger partial charge >= 0.3 is 6.09 Å². The molecule has 0 bridgehead atoms. The number of hydrogen-bond acceptors (Lipinski definition) is 3. The molecule has 2 N–H and O–H groups in total. The summed E-state index contributed by atoms with van der Waals surface area (Å²) in [6.07, 6.45) is 1.78. The van der Waals surface area contributed by atoms with Crippen molar-refractivity contribution < 1.29 is 9.53 Å². The van der Waals surface area contributed by atoms with E-state index in [0.717, 1.165) is 38.4 Å². The highest BCUT2D eigenvalue weighted by Gasteiger charge is 2.26. The van der Waals surface area contributed by atoms with Gasteiger partial charge in [0.05, 0.1) is 0 Å². The largest absolute Gasteiger partial charge is 0.444 e. The standard InChI is InChI=1S/C18H36N4O2/c1-13(2)14(3)21-16(19-7)20-12-15-8-10-22(11-9-15)17(23)24-18(4,5)6/h13-15H,8-12H2,1-7H3,(H2,19,20,21). The number of hydrogen-bond donors (Lipinski definition) is 2. The van der Waals surface area contributed by atoms with Gasteiger partial charge in [-0.05, 0) is 52.4 Å². The van der Waals surface area contributed by atoms with Gasteiger partial charge < -0.3 is 20.3 Å². The quantitative estimate of drug-likeness (QED) is 0.610. The minimum atomic E-state index is -0.430. The Morgan fingerprint density at radius 2 is 1.83 bits per heavy atom. The van der Waals surface area contributed by atoms with E-state index in [1.54, 1.807) is 7.05 Å². The SMILES string of the molecule is CN=C(NCC1CCN(C(=O)OC(C)(C)C)CC1)NC(C)C(C)C. The number of ether oxygens (including phenoxy) is 1. The second-order valence-corrected chi connectivity index (χ2v) is 8.04. The molecule has 6 heteroatoms. The fourth-order valence-corrected chi connectivity index (χ4v) is 2.46. The molecule has 1 rings (SSSR count). The van der Waals surface area contributed by atoms with Gasteiger partial charge in [0.1, 0.15) is 5.60 Å². The van der Waals surface area contributed by atoms with Gasteiger partial charge in [0.15, 0.2) is 5.96 Å². The normalized spacial score (nSPS) is 18.5. The van der Waals surface area contributed by atoms with Crippen molar-refractivity contribution in [3.63, 3.8) is 0 Å². The third-order valence-corrected chi connectivity index (χ3v) is 4.41. The minimum absolute atomic E-state index is 0.197. The zero-order valence-electron chi connectivity index (χ0n) is 16.5. The fraction of sp³-hybridized carbons (Fsp3) is 0.889. The van der Waals surface area contributed by atoms with Crippen LogP contribution in [-0.2, 0) is 4.74 Å². The first-order valence-electron chi connectivity index (χ1n) is 9.07. The Balaban J connectivity index is 2.34. The molecule has 0 spiro atoms. The molecule has 24 heavy (non-hydrogen) atoms. The molecule has 0 radical (unpaired) electrons. The molecule has 6 nitrogen and oxygen atoms in total. The third-order valence-electron chi connectivity index (χ3n) is 4.41. The van der Waals surface area contributed by atoms with E-state index < -0.39 is 5.60 Å². The number of aliphatic imine (C=N–C) groups is 1. The minimum Gasteiger partial charge on any atom is -0.444 e. The number of amides is 1. The van der Waals surface area contributed by atoms with Gasteiger partial charge in [-0.2, -0.15) is 0 Å². The lowest BCUT2D eigenvalue weighted by Gasteiger charge is -2.33. The van der Waals surface area contributed by atoms with Crippen LogP contribution in [0.15, 0.2) is 4.99 Å². The average molecular weight is 341 g/mol. The van der Waals surface area contributed by atoms with Crippen molar-refractivity contribution in [3.8, 4) is 0 Å². The van der Waals surface area contributed by atoms with Crippen LogP contribution < -0.4 is 10.6 Å². The van der Waals surface area contributed by atoms with Crippen LogP contribution in [0.1, 0.15) is 54.4 Å². The second-order valence-electron chi connectivity index (χ2n) is 8.04. The van der Waals surface area contributed by atoms with E-state index in [2.05, 4.69) is 36.4 Å². The summed E-state index contributed by atoms with van der Waals surface area (Å²) in [4.78, 5) is 18.2. The van der Waals surface area contributed by atoms with Crippen LogP contribution in [-0.4, -0.2) is 55.3 Å². The van der Waals surface area contributed by atoms with Gasteiger partial charge in [-0.15, -0.1) is 0 Å². The number of carbonyl (C=O) groups is 1. The molecule has 140 valence electrons. The summed E-state index contributed by atoms with van der Waals surface area (Å²) >= 11 is 0. The van der Waals surface area contributed by atoms with E-state index in [9.17, 15) is 4.79 Å². The van der Waals surface area contributed by atoms with Gasteiger partial charge in [0.2, 0.25) is 0 Å². The molecule has 1 unspecified atom stereocenters. The zero-order valence-corrected chi connectivity index (χ0v) is 16.5. The van der Waals surface area contributed by atoms with Crippen molar-refractivity contribution in [1.29, 1.82) is 0 Å². The van der Waals surface area contributed by atoms with Crippen molar-refractivity contribution in [3.05, 3.63) is 0 Å². The van der Waals surface area contributed by atoms with Gasteiger partial charge in [0.25, 0.3) is 0 Å². The van der Waals surface area contributed by atoms with E-state index in [1.165, 1.54) is 0 Å². The number of likely N-dealkylation sites (tertiary alicyclic amines) is 1. The lowest BCUT2D eigenvalue weighted by atomic mass is 9.97. The summed E-state index contributed by atoms with van der Waals surface area (Å²) in [6.45, 7) is 14.7. The van der Waals surface area contributed by atoms with Gasteiger partial charge in [-0.1, -0.05) is 13.8 Å². The number of guanidine groups is 1. The first-order valence-corrected chi connectivity index (χ1v) is 9.07. The summed E-state index contributed by atoms with van der Waals surface area (Å²) in [5.41, 5.74) is -0.430. The third kappa shape index (κ3) is 7.41. The molecule has 1 amide bonds. The summed E-state index contributed by atoms with van der Waals surface area (Å²) in [7, 11) is 1.80. The fourth-order valence-electron chi connectivity index (χ4n) is 2.46. The highest BCUT2D eigenvalue weighted by Crippen LogP contribution is 2.19. The zero-order chi connectivity index (χ0) is 18.3. The summed E-state index contributed by atoms with van der Waals surface area (Å²) in [5.74, 6) is 1.96. The van der Waals surface area contributed by atoms with E-state index >= 15 is 0 Å². The summed E-state index contributed by atoms with van der Waals surface area (Å²) in [6, 6.07) is 0.380. The maximum Gasteiger partial charge on any atom is 0.410 e. The summed E-state index contributed by atoms with van der Waals surface area (Å²) < 4.78 is 5.44. The van der Waals surface area contributed by atoms with Gasteiger partial charge in [-0.3, -0.25) is 4.99 Å². The van der Waals surface area contributed by atoms with E-state index in [4.69, 9.17) is 4.74 Å². The van der Waals surface area contributed by atoms with E-state index in [-0.39, 0.29) is 6.09 Å². The van der Waals surface area contributed by atoms with Crippen LogP contribution in [0.5, 0.6) is 0 Å². The number of piperidine rings is 1. The first-order chi connectivity index (χ1) is 11.1. The molecule has 1 fully saturated rings. The van der Waals surface area contributed by atoms with Crippen LogP contribution in [0.25, 0.3) is 0 Å². The Labute approximate surface area is 147 Å². The molecule has 0 aliphatic carbocycles. The van der Waals surface area contributed by atoms with Gasteiger partial charge in [0, 0.05) is 32.7 Å². The summed E-state index contributed by atoms with van der Waals surface area (Å²) in [5, 5.41) is 6.82.